The van der Waals surface area contributed by atoms with Crippen LogP contribution in [-0.2, 0) is 6.54 Å². The van der Waals surface area contributed by atoms with E-state index in [0.717, 1.165) is 34.0 Å². The third-order valence-corrected chi connectivity index (χ3v) is 4.41. The molecule has 2 aromatic carbocycles. The first-order valence-corrected chi connectivity index (χ1v) is 8.03. The van der Waals surface area contributed by atoms with Crippen LogP contribution in [0.15, 0.2) is 54.7 Å². The summed E-state index contributed by atoms with van der Waals surface area (Å²) in [7, 11) is 1.69. The highest BCUT2D eigenvalue weighted by atomic mass is 35.5. The van der Waals surface area contributed by atoms with Gasteiger partial charge in [0.05, 0.1) is 13.7 Å². The molecule has 0 radical (unpaired) electrons. The predicted molar refractivity (Wildman–Crippen MR) is 92.9 cm³/mol. The minimum Gasteiger partial charge on any atom is -0.496 e. The molecule has 0 saturated heterocycles. The number of halogens is 1. The molecule has 0 aliphatic rings. The highest BCUT2D eigenvalue weighted by Crippen LogP contribution is 2.30. The van der Waals surface area contributed by atoms with Crippen molar-refractivity contribution in [3.05, 3.63) is 64.1 Å². The van der Waals surface area contributed by atoms with Crippen molar-refractivity contribution >= 4 is 28.6 Å². The second kappa shape index (κ2) is 6.81. The molecule has 0 saturated carbocycles. The van der Waals surface area contributed by atoms with Crippen molar-refractivity contribution in [2.24, 2.45) is 0 Å². The van der Waals surface area contributed by atoms with Crippen LogP contribution in [-0.4, -0.2) is 12.1 Å². The van der Waals surface area contributed by atoms with Gasteiger partial charge in [-0.2, -0.15) is 0 Å². The molecule has 0 fully saturated rings. The monoisotopic (exact) mass is 330 g/mol. The molecule has 5 heteroatoms. The quantitative estimate of drug-likeness (QED) is 0.708. The molecule has 0 spiro atoms. The Hall–Kier alpha value is -2.04. The molecule has 0 amide bonds. The van der Waals surface area contributed by atoms with E-state index in [1.165, 1.54) is 11.3 Å². The predicted octanol–water partition coefficient (Wildman–Crippen LogP) is 5.08. The lowest BCUT2D eigenvalue weighted by Gasteiger charge is -2.10. The second-order valence-corrected chi connectivity index (χ2v) is 6.41. The van der Waals surface area contributed by atoms with Crippen LogP contribution < -0.4 is 10.1 Å². The van der Waals surface area contributed by atoms with Gasteiger partial charge in [0.25, 0.3) is 0 Å². The summed E-state index contributed by atoms with van der Waals surface area (Å²) < 4.78 is 5.98. The van der Waals surface area contributed by atoms with Crippen molar-refractivity contribution < 1.29 is 4.74 Å². The van der Waals surface area contributed by atoms with E-state index in [0.29, 0.717) is 4.47 Å². The fourth-order valence-corrected chi connectivity index (χ4v) is 3.12. The van der Waals surface area contributed by atoms with Gasteiger partial charge < -0.3 is 10.1 Å². The van der Waals surface area contributed by atoms with E-state index in [4.69, 9.17) is 16.3 Å². The largest absolute Gasteiger partial charge is 0.496 e. The Morgan fingerprint density at radius 2 is 1.91 bits per heavy atom. The highest BCUT2D eigenvalue weighted by Gasteiger charge is 2.05. The molecule has 1 aromatic heterocycles. The molecular formula is C17H15ClN2OS. The van der Waals surface area contributed by atoms with Crippen molar-refractivity contribution in [1.29, 1.82) is 0 Å². The molecule has 0 aliphatic carbocycles. The van der Waals surface area contributed by atoms with Gasteiger partial charge in [0, 0.05) is 22.3 Å². The molecular weight excluding hydrogens is 316 g/mol. The number of aromatic nitrogens is 1. The van der Waals surface area contributed by atoms with Crippen molar-refractivity contribution in [3.63, 3.8) is 0 Å². The van der Waals surface area contributed by atoms with E-state index in [1.807, 2.05) is 18.2 Å². The second-order valence-electron chi connectivity index (χ2n) is 4.71. The standard InChI is InChI=1S/C17H15ClN2OS/c1-21-16-5-3-2-4-15(16)12-6-8-13(9-7-12)19-10-14-11-20-17(18)22-14/h2-9,11,19H,10H2,1H3. The summed E-state index contributed by atoms with van der Waals surface area (Å²) in [5, 5.41) is 3.36. The normalized spacial score (nSPS) is 10.5. The Morgan fingerprint density at radius 1 is 1.14 bits per heavy atom. The van der Waals surface area contributed by atoms with Crippen LogP contribution in [0.3, 0.4) is 0 Å². The fourth-order valence-electron chi connectivity index (χ4n) is 2.21. The number of methoxy groups -OCH3 is 1. The zero-order valence-electron chi connectivity index (χ0n) is 12.0. The topological polar surface area (TPSA) is 34.1 Å². The van der Waals surface area contributed by atoms with Gasteiger partial charge in [0.1, 0.15) is 5.75 Å². The van der Waals surface area contributed by atoms with Gasteiger partial charge >= 0.3 is 0 Å². The van der Waals surface area contributed by atoms with Gasteiger partial charge in [-0.3, -0.25) is 0 Å². The van der Waals surface area contributed by atoms with Gasteiger partial charge in [-0.1, -0.05) is 41.9 Å². The van der Waals surface area contributed by atoms with Crippen LogP contribution in [0.1, 0.15) is 4.88 Å². The molecule has 1 heterocycles. The number of nitrogens with one attached hydrogen (secondary N) is 1. The zero-order chi connectivity index (χ0) is 15.4. The third kappa shape index (κ3) is 3.40. The van der Waals surface area contributed by atoms with Gasteiger partial charge in [0.15, 0.2) is 4.47 Å². The van der Waals surface area contributed by atoms with Gasteiger partial charge in [0.2, 0.25) is 0 Å². The summed E-state index contributed by atoms with van der Waals surface area (Å²) in [4.78, 5) is 5.14. The molecule has 0 unspecified atom stereocenters. The van der Waals surface area contributed by atoms with Crippen molar-refractivity contribution in [2.75, 3.05) is 12.4 Å². The Bertz CT molecular complexity index is 755. The average Bonchev–Trinajstić information content (AvgIpc) is 2.99. The fraction of sp³-hybridized carbons (Fsp3) is 0.118. The number of anilines is 1. The first-order valence-electron chi connectivity index (χ1n) is 6.84. The lowest BCUT2D eigenvalue weighted by Crippen LogP contribution is -1.97. The number of rotatable bonds is 5. The summed E-state index contributed by atoms with van der Waals surface area (Å²) in [6, 6.07) is 16.3. The molecule has 3 nitrogen and oxygen atoms in total. The molecule has 3 rings (SSSR count). The molecule has 1 N–H and O–H groups in total. The third-order valence-electron chi connectivity index (χ3n) is 3.29. The minimum absolute atomic E-state index is 0.573. The maximum absolute atomic E-state index is 5.83. The van der Waals surface area contributed by atoms with Crippen molar-refractivity contribution in [2.45, 2.75) is 6.54 Å². The lowest BCUT2D eigenvalue weighted by atomic mass is 10.0. The van der Waals surface area contributed by atoms with Gasteiger partial charge in [-0.25, -0.2) is 4.98 Å². The van der Waals surface area contributed by atoms with Crippen LogP contribution in [0.4, 0.5) is 5.69 Å². The Balaban J connectivity index is 1.72. The number of hydrogen-bond donors (Lipinski definition) is 1. The Labute approximate surface area is 138 Å². The Morgan fingerprint density at radius 3 is 2.59 bits per heavy atom. The molecule has 0 bridgehead atoms. The maximum atomic E-state index is 5.83. The summed E-state index contributed by atoms with van der Waals surface area (Å²) >= 11 is 7.31. The van der Waals surface area contributed by atoms with Crippen LogP contribution in [0.2, 0.25) is 4.47 Å². The van der Waals surface area contributed by atoms with Crippen LogP contribution in [0.25, 0.3) is 11.1 Å². The molecule has 3 aromatic rings. The number of hydrogen-bond acceptors (Lipinski definition) is 4. The smallest absolute Gasteiger partial charge is 0.183 e. The number of benzene rings is 2. The number of ether oxygens (including phenoxy) is 1. The minimum atomic E-state index is 0.573. The van der Waals surface area contributed by atoms with E-state index >= 15 is 0 Å². The first-order chi connectivity index (χ1) is 10.8. The SMILES string of the molecule is COc1ccccc1-c1ccc(NCc2cnc(Cl)s2)cc1. The number of nitrogens with zero attached hydrogens (tertiary/aromatic N) is 1. The zero-order valence-corrected chi connectivity index (χ0v) is 13.6. The number of para-hydroxylation sites is 1. The summed E-state index contributed by atoms with van der Waals surface area (Å²) in [5.74, 6) is 0.877. The van der Waals surface area contributed by atoms with Crippen molar-refractivity contribution in [3.8, 4) is 16.9 Å². The average molecular weight is 331 g/mol. The summed E-state index contributed by atoms with van der Waals surface area (Å²) in [6.45, 7) is 0.721. The molecule has 112 valence electrons. The van der Waals surface area contributed by atoms with Gasteiger partial charge in [-0.15, -0.1) is 11.3 Å². The van der Waals surface area contributed by atoms with E-state index < -0.39 is 0 Å². The van der Waals surface area contributed by atoms with Crippen molar-refractivity contribution in [1.82, 2.24) is 4.98 Å². The Kier molecular flexibility index (Phi) is 4.61. The van der Waals surface area contributed by atoms with E-state index in [1.54, 1.807) is 13.3 Å². The van der Waals surface area contributed by atoms with Crippen LogP contribution >= 0.6 is 22.9 Å². The summed E-state index contributed by atoms with van der Waals surface area (Å²) in [6.07, 6.45) is 1.79. The molecule has 0 aliphatic heterocycles. The lowest BCUT2D eigenvalue weighted by molar-refractivity contribution is 0.416. The molecule has 22 heavy (non-hydrogen) atoms. The van der Waals surface area contributed by atoms with E-state index in [9.17, 15) is 0 Å². The van der Waals surface area contributed by atoms with Crippen LogP contribution in [0, 0.1) is 0 Å². The highest BCUT2D eigenvalue weighted by molar-refractivity contribution is 7.15. The number of thiazole rings is 1. The van der Waals surface area contributed by atoms with E-state index in [-0.39, 0.29) is 0 Å². The van der Waals surface area contributed by atoms with Gasteiger partial charge in [-0.05, 0) is 23.8 Å². The van der Waals surface area contributed by atoms with Crippen LogP contribution in [0.5, 0.6) is 5.75 Å². The van der Waals surface area contributed by atoms with E-state index in [2.05, 4.69) is 40.6 Å². The summed E-state index contributed by atoms with van der Waals surface area (Å²) in [5.41, 5.74) is 3.28. The maximum Gasteiger partial charge on any atom is 0.183 e. The first kappa shape index (κ1) is 14.9. The molecule has 0 atom stereocenters.